The van der Waals surface area contributed by atoms with Gasteiger partial charge in [0.1, 0.15) is 0 Å². The minimum atomic E-state index is -1.62. The summed E-state index contributed by atoms with van der Waals surface area (Å²) in [4.78, 5) is 0. The van der Waals surface area contributed by atoms with Crippen molar-refractivity contribution in [2.45, 2.75) is 91.0 Å². The highest BCUT2D eigenvalue weighted by molar-refractivity contribution is 6.70. The SMILES string of the molecule is CCC/C=C/C(O[Si](C)(C)C)C(/C=C/CCC)O[Si](C)(C)C. The first-order valence-corrected chi connectivity index (χ1v) is 15.6. The molecule has 130 valence electrons. The van der Waals surface area contributed by atoms with E-state index in [4.69, 9.17) is 8.85 Å². The molecule has 0 aromatic heterocycles. The van der Waals surface area contributed by atoms with E-state index in [2.05, 4.69) is 77.4 Å². The molecule has 0 spiro atoms. The van der Waals surface area contributed by atoms with Gasteiger partial charge in [-0.2, -0.15) is 0 Å². The van der Waals surface area contributed by atoms with Crippen molar-refractivity contribution in [2.75, 3.05) is 0 Å². The van der Waals surface area contributed by atoms with Crippen LogP contribution >= 0.6 is 0 Å². The van der Waals surface area contributed by atoms with E-state index in [1.807, 2.05) is 0 Å². The summed E-state index contributed by atoms with van der Waals surface area (Å²) in [6, 6.07) is 0. The number of hydrogen-bond acceptors (Lipinski definition) is 2. The molecule has 4 heteroatoms. The number of unbranched alkanes of at least 4 members (excludes halogenated alkanes) is 2. The van der Waals surface area contributed by atoms with Gasteiger partial charge in [0.2, 0.25) is 0 Å². The lowest BCUT2D eigenvalue weighted by Crippen LogP contribution is -2.42. The van der Waals surface area contributed by atoms with Crippen LogP contribution in [0.1, 0.15) is 39.5 Å². The van der Waals surface area contributed by atoms with Crippen molar-refractivity contribution in [1.82, 2.24) is 0 Å². The topological polar surface area (TPSA) is 18.5 Å². The van der Waals surface area contributed by atoms with Gasteiger partial charge in [0, 0.05) is 0 Å². The molecule has 0 aromatic rings. The molecular formula is C18H38O2Si2. The zero-order valence-corrected chi connectivity index (χ0v) is 18.1. The zero-order chi connectivity index (χ0) is 17.2. The minimum Gasteiger partial charge on any atom is -0.408 e. The highest BCUT2D eigenvalue weighted by Crippen LogP contribution is 2.19. The fourth-order valence-electron chi connectivity index (χ4n) is 2.04. The van der Waals surface area contributed by atoms with Crippen LogP contribution in [-0.4, -0.2) is 28.8 Å². The summed E-state index contributed by atoms with van der Waals surface area (Å²) < 4.78 is 12.8. The maximum absolute atomic E-state index is 6.42. The first-order chi connectivity index (χ1) is 10.1. The van der Waals surface area contributed by atoms with Crippen LogP contribution in [0.2, 0.25) is 39.3 Å². The summed E-state index contributed by atoms with van der Waals surface area (Å²) in [5, 5.41) is 0. The molecule has 0 heterocycles. The van der Waals surface area contributed by atoms with Crippen molar-refractivity contribution in [2.24, 2.45) is 0 Å². The van der Waals surface area contributed by atoms with Gasteiger partial charge < -0.3 is 8.85 Å². The van der Waals surface area contributed by atoms with Crippen LogP contribution in [0.25, 0.3) is 0 Å². The van der Waals surface area contributed by atoms with E-state index in [9.17, 15) is 0 Å². The second-order valence-corrected chi connectivity index (χ2v) is 16.7. The predicted octanol–water partition coefficient (Wildman–Crippen LogP) is 6.14. The van der Waals surface area contributed by atoms with Crippen LogP contribution in [0.5, 0.6) is 0 Å². The standard InChI is InChI=1S/C18H38O2Si2/c1-9-11-13-15-17(19-21(3,4)5)18(16-14-12-10-2)20-22(6,7)8/h13-18H,9-12H2,1-8H3/b15-13+,16-14+. The maximum Gasteiger partial charge on any atom is 0.184 e. The molecule has 2 nitrogen and oxygen atoms in total. The quantitative estimate of drug-likeness (QED) is 0.332. The van der Waals surface area contributed by atoms with Crippen LogP contribution in [0.4, 0.5) is 0 Å². The molecule has 0 aliphatic heterocycles. The zero-order valence-electron chi connectivity index (χ0n) is 16.1. The van der Waals surface area contributed by atoms with Gasteiger partial charge in [-0.1, -0.05) is 51.0 Å². The van der Waals surface area contributed by atoms with E-state index in [0.29, 0.717) is 0 Å². The Bertz CT molecular complexity index is 304. The molecule has 0 radical (unpaired) electrons. The Hall–Kier alpha value is -0.166. The molecule has 0 bridgehead atoms. The number of allylic oxidation sites excluding steroid dienone is 2. The molecule has 0 N–H and O–H groups in total. The summed E-state index contributed by atoms with van der Waals surface area (Å²) >= 11 is 0. The highest BCUT2D eigenvalue weighted by atomic mass is 28.4. The molecular weight excluding hydrogens is 304 g/mol. The Morgan fingerprint density at radius 1 is 0.682 bits per heavy atom. The van der Waals surface area contributed by atoms with Crippen molar-refractivity contribution < 1.29 is 8.85 Å². The maximum atomic E-state index is 6.42. The van der Waals surface area contributed by atoms with Gasteiger partial charge in [-0.05, 0) is 52.1 Å². The Morgan fingerprint density at radius 2 is 1.00 bits per heavy atom. The van der Waals surface area contributed by atoms with Crippen molar-refractivity contribution >= 4 is 16.6 Å². The van der Waals surface area contributed by atoms with Gasteiger partial charge in [0.05, 0.1) is 12.2 Å². The molecule has 0 aliphatic carbocycles. The molecule has 2 atom stereocenters. The lowest BCUT2D eigenvalue weighted by Gasteiger charge is -2.33. The first kappa shape index (κ1) is 21.8. The van der Waals surface area contributed by atoms with Gasteiger partial charge in [-0.3, -0.25) is 0 Å². The van der Waals surface area contributed by atoms with Crippen molar-refractivity contribution in [3.05, 3.63) is 24.3 Å². The summed E-state index contributed by atoms with van der Waals surface area (Å²) in [7, 11) is -3.23. The normalized spacial score (nSPS) is 16.5. The fourth-order valence-corrected chi connectivity index (χ4v) is 4.10. The molecule has 0 rings (SSSR count). The van der Waals surface area contributed by atoms with Crippen molar-refractivity contribution in [3.63, 3.8) is 0 Å². The molecule has 0 amide bonds. The Labute approximate surface area is 141 Å². The van der Waals surface area contributed by atoms with Crippen LogP contribution in [0.15, 0.2) is 24.3 Å². The second kappa shape index (κ2) is 10.6. The Kier molecular flexibility index (Phi) is 10.5. The van der Waals surface area contributed by atoms with Gasteiger partial charge >= 0.3 is 0 Å². The van der Waals surface area contributed by atoms with Crippen molar-refractivity contribution in [1.29, 1.82) is 0 Å². The Balaban J connectivity index is 5.21. The van der Waals surface area contributed by atoms with Crippen LogP contribution < -0.4 is 0 Å². The second-order valence-electron chi connectivity index (χ2n) is 7.82. The molecule has 0 aromatic carbocycles. The van der Waals surface area contributed by atoms with Crippen LogP contribution in [0, 0.1) is 0 Å². The fraction of sp³-hybridized carbons (Fsp3) is 0.778. The third kappa shape index (κ3) is 12.4. The molecule has 2 unspecified atom stereocenters. The summed E-state index contributed by atoms with van der Waals surface area (Å²) in [6.07, 6.45) is 13.6. The van der Waals surface area contributed by atoms with E-state index < -0.39 is 16.6 Å². The average molecular weight is 343 g/mol. The third-order valence-corrected chi connectivity index (χ3v) is 4.82. The third-order valence-electron chi connectivity index (χ3n) is 2.87. The highest BCUT2D eigenvalue weighted by Gasteiger charge is 2.29. The van der Waals surface area contributed by atoms with Gasteiger partial charge in [-0.15, -0.1) is 0 Å². The Morgan fingerprint density at radius 3 is 1.23 bits per heavy atom. The predicted molar refractivity (Wildman–Crippen MR) is 105 cm³/mol. The van der Waals surface area contributed by atoms with E-state index in [-0.39, 0.29) is 12.2 Å². The average Bonchev–Trinajstić information content (AvgIpc) is 2.34. The van der Waals surface area contributed by atoms with Gasteiger partial charge in [-0.25, -0.2) is 0 Å². The molecule has 0 fully saturated rings. The van der Waals surface area contributed by atoms with Gasteiger partial charge in [0.25, 0.3) is 0 Å². The minimum absolute atomic E-state index is 0.0399. The van der Waals surface area contributed by atoms with E-state index >= 15 is 0 Å². The van der Waals surface area contributed by atoms with Gasteiger partial charge in [0.15, 0.2) is 16.6 Å². The lowest BCUT2D eigenvalue weighted by atomic mass is 10.1. The van der Waals surface area contributed by atoms with E-state index in [1.165, 1.54) is 12.8 Å². The van der Waals surface area contributed by atoms with E-state index in [0.717, 1.165) is 12.8 Å². The summed E-state index contributed by atoms with van der Waals surface area (Å²) in [5.74, 6) is 0. The van der Waals surface area contributed by atoms with Crippen LogP contribution in [-0.2, 0) is 8.85 Å². The van der Waals surface area contributed by atoms with Crippen molar-refractivity contribution in [3.8, 4) is 0 Å². The molecule has 22 heavy (non-hydrogen) atoms. The molecule has 0 saturated carbocycles. The van der Waals surface area contributed by atoms with E-state index in [1.54, 1.807) is 0 Å². The lowest BCUT2D eigenvalue weighted by molar-refractivity contribution is 0.105. The summed E-state index contributed by atoms with van der Waals surface area (Å²) in [5.41, 5.74) is 0. The first-order valence-electron chi connectivity index (χ1n) is 8.78. The monoisotopic (exact) mass is 342 g/mol. The summed E-state index contributed by atoms with van der Waals surface area (Å²) in [6.45, 7) is 17.9. The number of rotatable bonds is 11. The molecule has 0 aliphatic rings. The smallest absolute Gasteiger partial charge is 0.184 e. The number of hydrogen-bond donors (Lipinski definition) is 0. The largest absolute Gasteiger partial charge is 0.408 e. The van der Waals surface area contributed by atoms with Crippen LogP contribution in [0.3, 0.4) is 0 Å². The molecule has 0 saturated heterocycles.